The molecule has 1 fully saturated rings. The van der Waals surface area contributed by atoms with Crippen molar-refractivity contribution in [3.05, 3.63) is 63.9 Å². The molecule has 0 saturated heterocycles. The maximum Gasteiger partial charge on any atom is 0.286 e. The zero-order chi connectivity index (χ0) is 19.0. The summed E-state index contributed by atoms with van der Waals surface area (Å²) in [5, 5.41) is 3.58. The first-order chi connectivity index (χ1) is 13.0. The second-order valence-electron chi connectivity index (χ2n) is 5.99. The molecule has 1 aliphatic carbocycles. The molecule has 1 saturated carbocycles. The molecule has 0 spiro atoms. The van der Waals surface area contributed by atoms with E-state index in [1.54, 1.807) is 12.1 Å². The van der Waals surface area contributed by atoms with Gasteiger partial charge in [0.1, 0.15) is 11.8 Å². The number of hydroxylamine groups is 1. The van der Waals surface area contributed by atoms with E-state index >= 15 is 4.39 Å². The number of hydrogen-bond donors (Lipinski definition) is 3. The van der Waals surface area contributed by atoms with Crippen molar-refractivity contribution in [2.24, 2.45) is 0 Å². The molecule has 0 unspecified atom stereocenters. The first-order valence-corrected chi connectivity index (χ1v) is 8.80. The number of nitrogens with one attached hydrogen (secondary N) is 3. The Kier molecular flexibility index (Phi) is 4.63. The lowest BCUT2D eigenvalue weighted by atomic mass is 10.1. The molecule has 9 heteroatoms. The molecule has 6 nitrogen and oxygen atoms in total. The Morgan fingerprint density at radius 1 is 1.30 bits per heavy atom. The predicted molar refractivity (Wildman–Crippen MR) is 102 cm³/mol. The van der Waals surface area contributed by atoms with Gasteiger partial charge in [0.25, 0.3) is 5.91 Å². The van der Waals surface area contributed by atoms with Gasteiger partial charge in [-0.25, -0.2) is 9.37 Å². The number of nitrogens with zero attached hydrogens (tertiary/aromatic N) is 1. The second kappa shape index (κ2) is 7.09. The number of carbonyl (C=O) groups excluding carboxylic acids is 1. The summed E-state index contributed by atoms with van der Waals surface area (Å²) in [6, 6.07) is 6.20. The third-order valence-corrected chi connectivity index (χ3v) is 4.55. The van der Waals surface area contributed by atoms with Crippen LogP contribution in [0.4, 0.5) is 15.8 Å². The zero-order valence-corrected chi connectivity index (χ0v) is 15.3. The number of H-pyrrole nitrogens is 1. The van der Waals surface area contributed by atoms with Gasteiger partial charge in [-0.05, 0) is 42.7 Å². The Morgan fingerprint density at radius 3 is 2.85 bits per heavy atom. The number of anilines is 2. The third-order valence-electron chi connectivity index (χ3n) is 4.01. The molecule has 1 aromatic heterocycles. The average molecular weight is 407 g/mol. The average Bonchev–Trinajstić information content (AvgIpc) is 3.33. The van der Waals surface area contributed by atoms with E-state index in [0.29, 0.717) is 16.2 Å². The van der Waals surface area contributed by atoms with Gasteiger partial charge in [0, 0.05) is 5.02 Å². The summed E-state index contributed by atoms with van der Waals surface area (Å²) in [6.45, 7) is 0. The normalized spacial score (nSPS) is 12.8. The Balaban J connectivity index is 1.72. The molecule has 0 bridgehead atoms. The van der Waals surface area contributed by atoms with Crippen LogP contribution in [0, 0.1) is 5.82 Å². The van der Waals surface area contributed by atoms with Gasteiger partial charge in [-0.2, -0.15) is 5.48 Å². The van der Waals surface area contributed by atoms with Crippen LogP contribution in [0.3, 0.4) is 0 Å². The number of allylic oxidation sites excluding steroid dienone is 1. The highest BCUT2D eigenvalue weighted by Crippen LogP contribution is 2.33. The number of aromatic amines is 1. The standard InChI is InChI=1S/C18H13Cl2FN4O2/c19-10-3-4-13(12(20)5-10)24-16-11(18(26)25-27-7-9-1-2-9)6-14-17(15(16)21)23-8-22-14/h3-8,24H,1-2H2,(H,22,23)(H,25,26). The highest BCUT2D eigenvalue weighted by molar-refractivity contribution is 6.36. The molecule has 27 heavy (non-hydrogen) atoms. The van der Waals surface area contributed by atoms with E-state index in [0.717, 1.165) is 18.4 Å². The van der Waals surface area contributed by atoms with E-state index in [2.05, 4.69) is 20.8 Å². The lowest BCUT2D eigenvalue weighted by molar-refractivity contribution is 0.0654. The molecular formula is C18H13Cl2FN4O2. The molecule has 0 atom stereocenters. The van der Waals surface area contributed by atoms with Crippen LogP contribution in [0.1, 0.15) is 23.2 Å². The number of fused-ring (bicyclic) bond motifs is 1. The van der Waals surface area contributed by atoms with Crippen molar-refractivity contribution in [1.29, 1.82) is 0 Å². The molecule has 1 amide bonds. The molecule has 3 aromatic rings. The minimum absolute atomic E-state index is 0.0319. The van der Waals surface area contributed by atoms with Gasteiger partial charge in [0.2, 0.25) is 0 Å². The lowest BCUT2D eigenvalue weighted by Gasteiger charge is -2.14. The highest BCUT2D eigenvalue weighted by atomic mass is 35.5. The summed E-state index contributed by atoms with van der Waals surface area (Å²) in [5.41, 5.74) is 4.22. The summed E-state index contributed by atoms with van der Waals surface area (Å²) in [4.78, 5) is 24.4. The minimum Gasteiger partial charge on any atom is -0.387 e. The minimum atomic E-state index is -0.689. The maximum atomic E-state index is 15.0. The fourth-order valence-corrected chi connectivity index (χ4v) is 2.94. The number of benzene rings is 2. The van der Waals surface area contributed by atoms with Crippen LogP contribution in [0.5, 0.6) is 0 Å². The number of carbonyl (C=O) groups is 1. The maximum absolute atomic E-state index is 15.0. The quantitative estimate of drug-likeness (QED) is 0.407. The van der Waals surface area contributed by atoms with Gasteiger partial charge in [-0.15, -0.1) is 0 Å². The summed E-state index contributed by atoms with van der Waals surface area (Å²) in [7, 11) is 0. The molecule has 3 N–H and O–H groups in total. The Bertz CT molecular complexity index is 1070. The van der Waals surface area contributed by atoms with Gasteiger partial charge in [0.05, 0.1) is 33.8 Å². The summed E-state index contributed by atoms with van der Waals surface area (Å²) < 4.78 is 15.0. The van der Waals surface area contributed by atoms with Gasteiger partial charge in [-0.3, -0.25) is 4.79 Å². The molecule has 0 aliphatic heterocycles. The van der Waals surface area contributed by atoms with E-state index in [9.17, 15) is 4.79 Å². The van der Waals surface area contributed by atoms with Crippen molar-refractivity contribution in [2.75, 3.05) is 5.32 Å². The summed E-state index contributed by atoms with van der Waals surface area (Å²) in [5.74, 6) is -1.30. The number of imidazole rings is 1. The van der Waals surface area contributed by atoms with E-state index in [1.165, 1.54) is 24.7 Å². The van der Waals surface area contributed by atoms with Crippen LogP contribution in [-0.4, -0.2) is 15.9 Å². The van der Waals surface area contributed by atoms with Crippen LogP contribution in [0.25, 0.3) is 11.0 Å². The van der Waals surface area contributed by atoms with Gasteiger partial charge >= 0.3 is 0 Å². The third kappa shape index (κ3) is 3.70. The van der Waals surface area contributed by atoms with E-state index in [4.69, 9.17) is 28.0 Å². The fraction of sp³-hybridized carbons (Fsp3) is 0.111. The van der Waals surface area contributed by atoms with Gasteiger partial charge < -0.3 is 15.1 Å². The second-order valence-corrected chi connectivity index (χ2v) is 6.83. The lowest BCUT2D eigenvalue weighted by Crippen LogP contribution is -2.23. The van der Waals surface area contributed by atoms with Crippen molar-refractivity contribution in [3.63, 3.8) is 0 Å². The SMILES string of the molecule is O=C(NOC=C1CC1)c1cc2[nH]cnc2c(F)c1Nc1ccc(Cl)cc1Cl. The number of rotatable bonds is 5. The number of hydrogen-bond acceptors (Lipinski definition) is 4. The first-order valence-electron chi connectivity index (χ1n) is 8.04. The molecule has 2 aromatic carbocycles. The van der Waals surface area contributed by atoms with E-state index in [1.807, 2.05) is 0 Å². The van der Waals surface area contributed by atoms with Crippen LogP contribution in [0.15, 0.2) is 42.4 Å². The van der Waals surface area contributed by atoms with E-state index < -0.39 is 11.7 Å². The van der Waals surface area contributed by atoms with Crippen LogP contribution in [0.2, 0.25) is 10.0 Å². The predicted octanol–water partition coefficient (Wildman–Crippen LogP) is 5.09. The van der Waals surface area contributed by atoms with Crippen LogP contribution >= 0.6 is 23.2 Å². The van der Waals surface area contributed by atoms with E-state index in [-0.39, 0.29) is 21.8 Å². The van der Waals surface area contributed by atoms with Crippen molar-refractivity contribution in [2.45, 2.75) is 12.8 Å². The Labute approximate surface area is 163 Å². The fourth-order valence-electron chi connectivity index (χ4n) is 2.48. The number of amides is 1. The number of aromatic nitrogens is 2. The molecule has 4 rings (SSSR count). The van der Waals surface area contributed by atoms with Crippen LogP contribution in [-0.2, 0) is 4.84 Å². The molecule has 138 valence electrons. The summed E-state index contributed by atoms with van der Waals surface area (Å²) in [6.07, 6.45) is 4.73. The van der Waals surface area contributed by atoms with Crippen molar-refractivity contribution < 1.29 is 14.0 Å². The topological polar surface area (TPSA) is 79.0 Å². The molecule has 0 radical (unpaired) electrons. The molecule has 1 heterocycles. The van der Waals surface area contributed by atoms with Crippen molar-refractivity contribution in [3.8, 4) is 0 Å². The smallest absolute Gasteiger partial charge is 0.286 e. The molecule has 1 aliphatic rings. The van der Waals surface area contributed by atoms with Crippen molar-refractivity contribution >= 4 is 51.5 Å². The van der Waals surface area contributed by atoms with Gasteiger partial charge in [-0.1, -0.05) is 23.2 Å². The Hall–Kier alpha value is -2.77. The van der Waals surface area contributed by atoms with Gasteiger partial charge in [0.15, 0.2) is 5.82 Å². The van der Waals surface area contributed by atoms with Crippen LogP contribution < -0.4 is 10.8 Å². The Morgan fingerprint density at radius 2 is 2.11 bits per heavy atom. The summed E-state index contributed by atoms with van der Waals surface area (Å²) >= 11 is 12.1. The number of halogens is 3. The zero-order valence-electron chi connectivity index (χ0n) is 13.8. The van der Waals surface area contributed by atoms with Crippen molar-refractivity contribution in [1.82, 2.24) is 15.4 Å². The highest BCUT2D eigenvalue weighted by Gasteiger charge is 2.22. The molecular weight excluding hydrogens is 394 g/mol. The monoisotopic (exact) mass is 406 g/mol. The largest absolute Gasteiger partial charge is 0.387 e. The first kappa shape index (κ1) is 17.6.